The lowest BCUT2D eigenvalue weighted by molar-refractivity contribution is -0.116. The van der Waals surface area contributed by atoms with Crippen molar-refractivity contribution < 1.29 is 4.79 Å². The summed E-state index contributed by atoms with van der Waals surface area (Å²) in [6, 6.07) is 26.7. The molecule has 4 nitrogen and oxygen atoms in total. The molecule has 4 rings (SSSR count). The summed E-state index contributed by atoms with van der Waals surface area (Å²) >= 11 is 6.28. The molecule has 0 atom stereocenters. The zero-order valence-electron chi connectivity index (χ0n) is 16.0. The predicted molar refractivity (Wildman–Crippen MR) is 122 cm³/mol. The number of carbonyl (C=O) groups is 1. The Hall–Kier alpha value is -3.81. The summed E-state index contributed by atoms with van der Waals surface area (Å²) in [6.07, 6.45) is 3.71. The van der Waals surface area contributed by atoms with Gasteiger partial charge < -0.3 is 9.88 Å². The standard InChI is InChI=1S/C25H18ClN3O/c26-23-12-6-4-10-21(23)18(15-27)14-19-16-29(24-13-7-5-11-22(19)24)17-25(30)28-20-8-2-1-3-9-20/h1-14,16H,17H2,(H,28,30). The number of aromatic nitrogens is 1. The minimum atomic E-state index is -0.121. The van der Waals surface area contributed by atoms with Crippen molar-refractivity contribution in [3.63, 3.8) is 0 Å². The summed E-state index contributed by atoms with van der Waals surface area (Å²) in [5.41, 5.74) is 3.68. The Kier molecular flexibility index (Phi) is 5.65. The van der Waals surface area contributed by atoms with Gasteiger partial charge in [0.05, 0.1) is 11.6 Å². The smallest absolute Gasteiger partial charge is 0.244 e. The van der Waals surface area contributed by atoms with Crippen LogP contribution in [-0.2, 0) is 11.3 Å². The number of allylic oxidation sites excluding steroid dienone is 1. The normalized spacial score (nSPS) is 11.3. The molecule has 0 radical (unpaired) electrons. The highest BCUT2D eigenvalue weighted by molar-refractivity contribution is 6.32. The van der Waals surface area contributed by atoms with Crippen LogP contribution >= 0.6 is 11.6 Å². The summed E-state index contributed by atoms with van der Waals surface area (Å²) in [5.74, 6) is -0.121. The number of rotatable bonds is 5. The van der Waals surface area contributed by atoms with Crippen molar-refractivity contribution in [3.05, 3.63) is 101 Å². The quantitative estimate of drug-likeness (QED) is 0.409. The van der Waals surface area contributed by atoms with E-state index in [-0.39, 0.29) is 12.5 Å². The van der Waals surface area contributed by atoms with Crippen molar-refractivity contribution in [2.75, 3.05) is 5.32 Å². The highest BCUT2D eigenvalue weighted by Crippen LogP contribution is 2.29. The van der Waals surface area contributed by atoms with Gasteiger partial charge >= 0.3 is 0 Å². The molecule has 1 heterocycles. The van der Waals surface area contributed by atoms with Crippen LogP contribution in [0.25, 0.3) is 22.6 Å². The Morgan fingerprint density at radius 2 is 1.70 bits per heavy atom. The molecule has 4 aromatic rings. The fourth-order valence-electron chi connectivity index (χ4n) is 3.40. The van der Waals surface area contributed by atoms with Crippen LogP contribution < -0.4 is 5.32 Å². The first-order valence-corrected chi connectivity index (χ1v) is 9.83. The summed E-state index contributed by atoms with van der Waals surface area (Å²) in [7, 11) is 0. The average Bonchev–Trinajstić information content (AvgIpc) is 3.10. The zero-order chi connectivity index (χ0) is 20.9. The molecule has 0 saturated heterocycles. The first kappa shape index (κ1) is 19.5. The predicted octanol–water partition coefficient (Wildman–Crippen LogP) is 6.00. The number of nitrogens with one attached hydrogen (secondary N) is 1. The Morgan fingerprint density at radius 1 is 1.00 bits per heavy atom. The molecule has 1 aromatic heterocycles. The molecule has 0 spiro atoms. The molecule has 0 saturated carbocycles. The number of nitrogens with zero attached hydrogens (tertiary/aromatic N) is 2. The van der Waals surface area contributed by atoms with Gasteiger partial charge in [0, 0.05) is 38.9 Å². The number of para-hydroxylation sites is 2. The van der Waals surface area contributed by atoms with Crippen LogP contribution in [0.4, 0.5) is 5.69 Å². The van der Waals surface area contributed by atoms with E-state index in [1.165, 1.54) is 0 Å². The summed E-state index contributed by atoms with van der Waals surface area (Å²) in [6.45, 7) is 0.164. The molecule has 0 aliphatic carbocycles. The van der Waals surface area contributed by atoms with Gasteiger partial charge in [-0.3, -0.25) is 4.79 Å². The van der Waals surface area contributed by atoms with E-state index in [1.807, 2.05) is 89.6 Å². The Balaban J connectivity index is 1.70. The highest BCUT2D eigenvalue weighted by atomic mass is 35.5. The van der Waals surface area contributed by atoms with Crippen molar-refractivity contribution in [1.82, 2.24) is 4.57 Å². The monoisotopic (exact) mass is 411 g/mol. The molecule has 0 bridgehead atoms. The molecule has 146 valence electrons. The van der Waals surface area contributed by atoms with Crippen molar-refractivity contribution >= 4 is 45.7 Å². The number of carbonyl (C=O) groups excluding carboxylic acids is 1. The largest absolute Gasteiger partial charge is 0.337 e. The first-order chi connectivity index (χ1) is 14.7. The Morgan fingerprint density at radius 3 is 2.47 bits per heavy atom. The zero-order valence-corrected chi connectivity index (χ0v) is 16.8. The molecule has 0 aliphatic heterocycles. The molecule has 3 aromatic carbocycles. The third-order valence-corrected chi connectivity index (χ3v) is 5.10. The summed E-state index contributed by atoms with van der Waals surface area (Å²) in [4.78, 5) is 12.6. The lowest BCUT2D eigenvalue weighted by Crippen LogP contribution is -2.18. The van der Waals surface area contributed by atoms with Gasteiger partial charge in [-0.25, -0.2) is 0 Å². The lowest BCUT2D eigenvalue weighted by Gasteiger charge is -2.07. The maximum atomic E-state index is 12.6. The van der Waals surface area contributed by atoms with Crippen LogP contribution in [0.2, 0.25) is 5.02 Å². The third-order valence-electron chi connectivity index (χ3n) is 4.78. The maximum absolute atomic E-state index is 12.6. The lowest BCUT2D eigenvalue weighted by atomic mass is 10.0. The minimum Gasteiger partial charge on any atom is -0.337 e. The second-order valence-electron chi connectivity index (χ2n) is 6.79. The molecule has 0 unspecified atom stereocenters. The van der Waals surface area contributed by atoms with E-state index < -0.39 is 0 Å². The van der Waals surface area contributed by atoms with Crippen LogP contribution in [0.5, 0.6) is 0 Å². The topological polar surface area (TPSA) is 57.8 Å². The molecule has 0 fully saturated rings. The Labute approximate surface area is 179 Å². The molecule has 0 aliphatic rings. The number of fused-ring (bicyclic) bond motifs is 1. The van der Waals surface area contributed by atoms with Gasteiger partial charge in [0.25, 0.3) is 0 Å². The SMILES string of the molecule is N#CC(=Cc1cn(CC(=O)Nc2ccccc2)c2ccccc12)c1ccccc1Cl. The first-order valence-electron chi connectivity index (χ1n) is 9.45. The highest BCUT2D eigenvalue weighted by Gasteiger charge is 2.12. The fraction of sp³-hybridized carbons (Fsp3) is 0.0400. The number of hydrogen-bond acceptors (Lipinski definition) is 2. The summed E-state index contributed by atoms with van der Waals surface area (Å²) in [5, 5.41) is 14.1. The van der Waals surface area contributed by atoms with Crippen LogP contribution in [0, 0.1) is 11.3 Å². The second-order valence-corrected chi connectivity index (χ2v) is 7.20. The molecular weight excluding hydrogens is 394 g/mol. The van der Waals surface area contributed by atoms with E-state index in [0.717, 1.165) is 22.2 Å². The molecule has 1 N–H and O–H groups in total. The third kappa shape index (κ3) is 4.12. The van der Waals surface area contributed by atoms with Crippen LogP contribution in [0.15, 0.2) is 85.1 Å². The van der Waals surface area contributed by atoms with E-state index in [4.69, 9.17) is 11.6 Å². The number of amides is 1. The van der Waals surface area contributed by atoms with E-state index in [9.17, 15) is 10.1 Å². The van der Waals surface area contributed by atoms with E-state index in [2.05, 4.69) is 11.4 Å². The van der Waals surface area contributed by atoms with Crippen molar-refractivity contribution in [2.24, 2.45) is 0 Å². The fourth-order valence-corrected chi connectivity index (χ4v) is 3.64. The van der Waals surface area contributed by atoms with Gasteiger partial charge in [-0.1, -0.05) is 66.2 Å². The van der Waals surface area contributed by atoms with Crippen LogP contribution in [0.3, 0.4) is 0 Å². The molecular formula is C25H18ClN3O. The number of benzene rings is 3. The molecule has 5 heteroatoms. The number of hydrogen-bond donors (Lipinski definition) is 1. The van der Waals surface area contributed by atoms with Gasteiger partial charge in [-0.2, -0.15) is 5.26 Å². The van der Waals surface area contributed by atoms with Gasteiger partial charge in [0.1, 0.15) is 6.54 Å². The van der Waals surface area contributed by atoms with Crippen molar-refractivity contribution in [2.45, 2.75) is 6.54 Å². The number of halogens is 1. The maximum Gasteiger partial charge on any atom is 0.244 e. The Bertz CT molecular complexity index is 1280. The van der Waals surface area contributed by atoms with Gasteiger partial charge in [0.2, 0.25) is 5.91 Å². The summed E-state index contributed by atoms with van der Waals surface area (Å²) < 4.78 is 1.89. The van der Waals surface area contributed by atoms with Gasteiger partial charge in [0.15, 0.2) is 0 Å². The number of nitriles is 1. The van der Waals surface area contributed by atoms with Gasteiger partial charge in [-0.05, 0) is 30.3 Å². The minimum absolute atomic E-state index is 0.121. The van der Waals surface area contributed by atoms with Crippen LogP contribution in [0.1, 0.15) is 11.1 Å². The van der Waals surface area contributed by atoms with Gasteiger partial charge in [-0.15, -0.1) is 0 Å². The molecule has 30 heavy (non-hydrogen) atoms. The van der Waals surface area contributed by atoms with E-state index in [1.54, 1.807) is 6.07 Å². The van der Waals surface area contributed by atoms with Crippen molar-refractivity contribution in [1.29, 1.82) is 5.26 Å². The molecule has 1 amide bonds. The van der Waals surface area contributed by atoms with E-state index >= 15 is 0 Å². The van der Waals surface area contributed by atoms with Crippen molar-refractivity contribution in [3.8, 4) is 6.07 Å². The van der Waals surface area contributed by atoms with Crippen LogP contribution in [-0.4, -0.2) is 10.5 Å². The average molecular weight is 412 g/mol. The second kappa shape index (κ2) is 8.69. The number of anilines is 1. The van der Waals surface area contributed by atoms with E-state index in [0.29, 0.717) is 16.2 Å².